The first-order valence-electron chi connectivity index (χ1n) is 22.5. The van der Waals surface area contributed by atoms with Gasteiger partial charge in [0, 0.05) is 33.0 Å². The average Bonchev–Trinajstić information content (AvgIpc) is 3.47. The number of benzene rings is 10. The number of hydrogen-bond donors (Lipinski definition) is 0. The van der Waals surface area contributed by atoms with Crippen molar-refractivity contribution in [2.75, 3.05) is 0 Å². The molecule has 3 atom stereocenters. The van der Waals surface area contributed by atoms with Crippen LogP contribution in [-0.4, -0.2) is 6.10 Å². The lowest BCUT2D eigenvalue weighted by atomic mass is 9.68. The highest BCUT2D eigenvalue weighted by molar-refractivity contribution is 7.31. The van der Waals surface area contributed by atoms with Gasteiger partial charge in [-0.25, -0.2) is 0 Å². The van der Waals surface area contributed by atoms with Crippen LogP contribution < -0.4 is 4.52 Å². The standard InChI is InChI=1S/C59H49O3P/c1-36-29-30-51(59(2,3)4)52(31-36)60-63-61-57-49(53-43-23-11-5-17-37(43)32-38-18-6-12-24-44(38)53)34-41-21-9-15-27-47(41)55(57)56-48-28-16-10-22-42(48)35-50(58(56)62-63)54-45-25-13-7-19-39(45)33-40-20-8-14-26-46(40)54/h5-28,32-36,51-52H,29-31H2,1-4H3/t36-,51+,52-/m1/s1. The van der Waals surface area contributed by atoms with E-state index in [4.69, 9.17) is 12.9 Å². The lowest BCUT2D eigenvalue weighted by molar-refractivity contribution is 0.0345. The fourth-order valence-corrected chi connectivity index (χ4v) is 12.3. The van der Waals surface area contributed by atoms with Gasteiger partial charge < -0.3 is 8.39 Å². The predicted octanol–water partition coefficient (Wildman–Crippen LogP) is 17.8. The summed E-state index contributed by atoms with van der Waals surface area (Å²) in [5.41, 5.74) is 6.06. The lowest BCUT2D eigenvalue weighted by Gasteiger charge is -2.41. The molecule has 308 valence electrons. The molecule has 10 aromatic carbocycles. The summed E-state index contributed by atoms with van der Waals surface area (Å²) >= 11 is 0. The summed E-state index contributed by atoms with van der Waals surface area (Å²) in [6.07, 6.45) is 3.24. The van der Waals surface area contributed by atoms with E-state index in [2.05, 4.69) is 198 Å². The summed E-state index contributed by atoms with van der Waals surface area (Å²) in [5.74, 6) is 0.889. The van der Waals surface area contributed by atoms with E-state index in [-0.39, 0.29) is 11.5 Å². The van der Waals surface area contributed by atoms with Gasteiger partial charge in [0.25, 0.3) is 0 Å². The molecule has 1 fully saturated rings. The third-order valence-corrected chi connectivity index (χ3v) is 15.2. The van der Waals surface area contributed by atoms with Gasteiger partial charge in [-0.05, 0) is 119 Å². The zero-order chi connectivity index (χ0) is 42.4. The second kappa shape index (κ2) is 14.9. The van der Waals surface area contributed by atoms with Crippen LogP contribution in [0.15, 0.2) is 178 Å². The summed E-state index contributed by atoms with van der Waals surface area (Å²) in [5, 5.41) is 16.1. The largest absolute Gasteiger partial charge is 0.398 e. The smallest absolute Gasteiger partial charge is 0.387 e. The summed E-state index contributed by atoms with van der Waals surface area (Å²) in [4.78, 5) is 0. The van der Waals surface area contributed by atoms with Crippen molar-refractivity contribution in [1.82, 2.24) is 0 Å². The first kappa shape index (κ1) is 38.3. The van der Waals surface area contributed by atoms with E-state index in [9.17, 15) is 0 Å². The third-order valence-electron chi connectivity index (χ3n) is 14.1. The quantitative estimate of drug-likeness (QED) is 0.166. The van der Waals surface area contributed by atoms with Gasteiger partial charge in [0.15, 0.2) is 11.2 Å². The van der Waals surface area contributed by atoms with Gasteiger partial charge in [0.05, 0.1) is 6.10 Å². The summed E-state index contributed by atoms with van der Waals surface area (Å²) < 4.78 is 22.8. The minimum absolute atomic E-state index is 0.0329. The van der Waals surface area contributed by atoms with Crippen LogP contribution in [0.3, 0.4) is 0 Å². The lowest BCUT2D eigenvalue weighted by Crippen LogP contribution is -2.40. The van der Waals surface area contributed by atoms with Crippen molar-refractivity contribution in [3.63, 3.8) is 0 Å². The van der Waals surface area contributed by atoms with Gasteiger partial charge in [-0.3, -0.25) is 4.52 Å². The van der Waals surface area contributed by atoms with Crippen LogP contribution >= 0.6 is 8.24 Å². The Hall–Kier alpha value is -6.38. The Balaban J connectivity index is 1.33. The number of rotatable bonds is 4. The highest BCUT2D eigenvalue weighted by atomic mass is 31.1. The van der Waals surface area contributed by atoms with Crippen molar-refractivity contribution in [2.45, 2.75) is 53.1 Å². The Bertz CT molecular complexity index is 3340. The Morgan fingerprint density at radius 3 is 1.19 bits per heavy atom. The van der Waals surface area contributed by atoms with Crippen LogP contribution in [-0.2, 0) is 0 Å². The third kappa shape index (κ3) is 6.36. The Morgan fingerprint density at radius 2 is 0.810 bits per heavy atom. The fraction of sp³-hybridized carbons (Fsp3) is 0.186. The Labute approximate surface area is 368 Å². The van der Waals surface area contributed by atoms with Gasteiger partial charge in [0.1, 0.15) is 0 Å². The molecule has 0 N–H and O–H groups in total. The maximum Gasteiger partial charge on any atom is 0.387 e. The van der Waals surface area contributed by atoms with E-state index in [0.717, 1.165) is 78.6 Å². The predicted molar refractivity (Wildman–Crippen MR) is 269 cm³/mol. The van der Waals surface area contributed by atoms with Crippen molar-refractivity contribution in [2.24, 2.45) is 17.3 Å². The van der Waals surface area contributed by atoms with Crippen LogP contribution in [0.25, 0.3) is 109 Å². The molecule has 0 spiro atoms. The molecule has 1 heterocycles. The maximum absolute atomic E-state index is 7.67. The van der Waals surface area contributed by atoms with Gasteiger partial charge >= 0.3 is 8.24 Å². The van der Waals surface area contributed by atoms with Crippen LogP contribution in [0.4, 0.5) is 0 Å². The SMILES string of the molecule is C[C@@H]1CC[C@H](C(C)(C)C)[C@H](Op2oc3c(-c4c5ccccc5cc5ccccc45)cc4ccccc4c3c3c(o2)c(-c2c4ccccc4cc4ccccc24)cc2ccccc23)C1. The second-order valence-electron chi connectivity index (χ2n) is 19.0. The minimum Gasteiger partial charge on any atom is -0.398 e. The van der Waals surface area contributed by atoms with E-state index < -0.39 is 8.24 Å². The number of fused-ring (bicyclic) bond motifs is 11. The molecule has 1 aliphatic carbocycles. The molecular weight excluding hydrogens is 788 g/mol. The van der Waals surface area contributed by atoms with Crippen LogP contribution in [0.5, 0.6) is 0 Å². The maximum atomic E-state index is 7.67. The molecule has 0 radical (unpaired) electrons. The first-order chi connectivity index (χ1) is 30.8. The van der Waals surface area contributed by atoms with Gasteiger partial charge in [-0.1, -0.05) is 180 Å². The molecule has 12 rings (SSSR count). The van der Waals surface area contributed by atoms with Crippen molar-refractivity contribution in [3.05, 3.63) is 170 Å². The molecule has 11 aromatic rings. The first-order valence-corrected chi connectivity index (χ1v) is 23.6. The molecule has 1 saturated carbocycles. The van der Waals surface area contributed by atoms with Crippen LogP contribution in [0.1, 0.15) is 47.0 Å². The average molecular weight is 837 g/mol. The highest BCUT2D eigenvalue weighted by Crippen LogP contribution is 2.52. The zero-order valence-corrected chi connectivity index (χ0v) is 37.1. The summed E-state index contributed by atoms with van der Waals surface area (Å²) in [6, 6.07) is 62.1. The molecule has 0 aliphatic heterocycles. The molecule has 63 heavy (non-hydrogen) atoms. The molecule has 3 nitrogen and oxygen atoms in total. The van der Waals surface area contributed by atoms with Gasteiger partial charge in [0.2, 0.25) is 0 Å². The summed E-state index contributed by atoms with van der Waals surface area (Å²) in [6.45, 7) is 9.46. The van der Waals surface area contributed by atoms with Crippen molar-refractivity contribution in [1.29, 1.82) is 0 Å². The Kier molecular flexibility index (Phi) is 9.04. The molecule has 0 saturated heterocycles. The topological polar surface area (TPSA) is 35.5 Å². The molecule has 0 amide bonds. The summed E-state index contributed by atoms with van der Waals surface area (Å²) in [7, 11) is -1.98. The van der Waals surface area contributed by atoms with Crippen molar-refractivity contribution >= 4 is 94.8 Å². The Morgan fingerprint density at radius 1 is 0.460 bits per heavy atom. The molecule has 0 unspecified atom stereocenters. The van der Waals surface area contributed by atoms with Gasteiger partial charge in [-0.2, -0.15) is 0 Å². The van der Waals surface area contributed by atoms with Crippen LogP contribution in [0.2, 0.25) is 0 Å². The van der Waals surface area contributed by atoms with E-state index in [1.807, 2.05) is 0 Å². The van der Waals surface area contributed by atoms with E-state index in [0.29, 0.717) is 11.8 Å². The normalized spacial score (nSPS) is 17.2. The number of hydrogen-bond acceptors (Lipinski definition) is 3. The molecule has 0 bridgehead atoms. The minimum atomic E-state index is -1.98. The van der Waals surface area contributed by atoms with E-state index in [1.165, 1.54) is 49.5 Å². The van der Waals surface area contributed by atoms with E-state index in [1.54, 1.807) is 0 Å². The van der Waals surface area contributed by atoms with Crippen molar-refractivity contribution in [3.8, 4) is 22.3 Å². The fourth-order valence-electron chi connectivity index (χ4n) is 11.1. The molecule has 1 aliphatic rings. The van der Waals surface area contributed by atoms with Gasteiger partial charge in [-0.15, -0.1) is 0 Å². The molecule has 1 aromatic heterocycles. The molecular formula is C59H49O3P. The van der Waals surface area contributed by atoms with E-state index >= 15 is 0 Å². The van der Waals surface area contributed by atoms with Crippen LogP contribution in [0, 0.1) is 17.3 Å². The zero-order valence-electron chi connectivity index (χ0n) is 36.2. The van der Waals surface area contributed by atoms with Crippen molar-refractivity contribution < 1.29 is 12.9 Å². The molecule has 4 heteroatoms. The highest BCUT2D eigenvalue weighted by Gasteiger charge is 2.38. The monoisotopic (exact) mass is 836 g/mol. The second-order valence-corrected chi connectivity index (χ2v) is 20.1.